The van der Waals surface area contributed by atoms with Crippen molar-refractivity contribution in [1.82, 2.24) is 4.57 Å². The lowest BCUT2D eigenvalue weighted by Gasteiger charge is -2.07. The molecule has 2 heterocycles. The third kappa shape index (κ3) is 3.35. The van der Waals surface area contributed by atoms with Gasteiger partial charge >= 0.3 is 12.1 Å². The van der Waals surface area contributed by atoms with E-state index in [-0.39, 0.29) is 9.90 Å². The predicted octanol–water partition coefficient (Wildman–Crippen LogP) is 5.01. The van der Waals surface area contributed by atoms with E-state index in [0.29, 0.717) is 39.2 Å². The van der Waals surface area contributed by atoms with Gasteiger partial charge in [-0.1, -0.05) is 11.6 Å². The fraction of sp³-hybridized carbons (Fsp3) is 0.222. The largest absolute Gasteiger partial charge is 0.495 e. The number of alkyl halides is 3. The van der Waals surface area contributed by atoms with E-state index in [9.17, 15) is 27.9 Å². The Kier molecular flexibility index (Phi) is 5.16. The van der Waals surface area contributed by atoms with Crippen LogP contribution in [-0.2, 0) is 17.4 Å². The molecule has 0 saturated carbocycles. The van der Waals surface area contributed by atoms with E-state index in [1.165, 1.54) is 30.7 Å². The summed E-state index contributed by atoms with van der Waals surface area (Å²) in [7, 11) is 1.39. The van der Waals surface area contributed by atoms with Crippen LogP contribution in [0.4, 0.5) is 13.2 Å². The first-order chi connectivity index (χ1) is 13.1. The molecule has 0 bridgehead atoms. The van der Waals surface area contributed by atoms with Crippen LogP contribution in [0.3, 0.4) is 0 Å². The molecule has 2 aromatic heterocycles. The molecule has 1 aromatic carbocycles. The molecule has 0 saturated heterocycles. The number of ether oxygens (including phenoxy) is 1. The van der Waals surface area contributed by atoms with E-state index in [4.69, 9.17) is 16.3 Å². The minimum absolute atomic E-state index is 0.124. The van der Waals surface area contributed by atoms with Crippen LogP contribution < -0.4 is 4.74 Å². The number of aliphatic carboxylic acids is 1. The minimum Gasteiger partial charge on any atom is -0.495 e. The smallest absolute Gasteiger partial charge is 0.425 e. The van der Waals surface area contributed by atoms with Gasteiger partial charge in [-0.2, -0.15) is 13.2 Å². The Balaban J connectivity index is 2.25. The zero-order chi connectivity index (χ0) is 20.8. The van der Waals surface area contributed by atoms with Gasteiger partial charge in [0.2, 0.25) is 0 Å². The first-order valence-electron chi connectivity index (χ1n) is 7.86. The van der Waals surface area contributed by atoms with Gasteiger partial charge in [-0.3, -0.25) is 14.2 Å². The second-order valence-electron chi connectivity index (χ2n) is 5.91. The topological polar surface area (TPSA) is 68.5 Å². The summed E-state index contributed by atoms with van der Waals surface area (Å²) in [6, 6.07) is 4.97. The molecule has 0 amide bonds. The second kappa shape index (κ2) is 7.14. The number of carbonyl (C=O) groups excluding carboxylic acids is 1. The summed E-state index contributed by atoms with van der Waals surface area (Å²) in [4.78, 5) is 23.3. The molecule has 3 rings (SSSR count). The highest BCUT2D eigenvalue weighted by atomic mass is 35.5. The quantitative estimate of drug-likeness (QED) is 0.630. The molecule has 0 atom stereocenters. The Labute approximate surface area is 165 Å². The van der Waals surface area contributed by atoms with Crippen molar-refractivity contribution in [1.29, 1.82) is 0 Å². The van der Waals surface area contributed by atoms with Crippen LogP contribution in [0.25, 0.3) is 10.9 Å². The van der Waals surface area contributed by atoms with Crippen LogP contribution in [0.1, 0.15) is 25.8 Å². The van der Waals surface area contributed by atoms with Crippen molar-refractivity contribution < 1.29 is 32.6 Å². The van der Waals surface area contributed by atoms with Crippen molar-refractivity contribution in [2.24, 2.45) is 0 Å². The van der Waals surface area contributed by atoms with E-state index in [2.05, 4.69) is 0 Å². The molecule has 0 aliphatic carbocycles. The number of hydrogen-bond acceptors (Lipinski definition) is 4. The average Bonchev–Trinajstić information content (AvgIpc) is 3.19. The number of fused-ring (bicyclic) bond motifs is 1. The van der Waals surface area contributed by atoms with Crippen molar-refractivity contribution >= 4 is 45.7 Å². The molecule has 28 heavy (non-hydrogen) atoms. The lowest BCUT2D eigenvalue weighted by Crippen LogP contribution is -2.13. The molecule has 5 nitrogen and oxygen atoms in total. The molecular formula is C18H13ClF3NO4S. The van der Waals surface area contributed by atoms with Gasteiger partial charge in [0.15, 0.2) is 0 Å². The molecule has 10 heteroatoms. The monoisotopic (exact) mass is 431 g/mol. The number of rotatable bonds is 4. The standard InChI is InChI=1S/C18H13ClF3NO4S/c1-8-9(7-14(24)25)15-10(3-4-11(27-2)16(15)19)23(8)17(26)12-5-6-13(28-12)18(20,21)22/h3-6H,7H2,1-2H3,(H,24,25). The number of halogens is 4. The summed E-state index contributed by atoms with van der Waals surface area (Å²) in [6.07, 6.45) is -4.96. The number of hydrogen-bond donors (Lipinski definition) is 1. The third-order valence-corrected chi connectivity index (χ3v) is 5.74. The number of carboxylic acid groups (broad SMARTS) is 1. The van der Waals surface area contributed by atoms with Gasteiger partial charge in [-0.15, -0.1) is 11.3 Å². The van der Waals surface area contributed by atoms with Crippen LogP contribution in [0.2, 0.25) is 5.02 Å². The molecule has 148 valence electrons. The molecule has 3 aromatic rings. The molecule has 1 N–H and O–H groups in total. The van der Waals surface area contributed by atoms with Gasteiger partial charge in [-0.05, 0) is 36.8 Å². The first kappa shape index (κ1) is 20.2. The number of carbonyl (C=O) groups is 2. The minimum atomic E-state index is -4.55. The third-order valence-electron chi connectivity index (χ3n) is 4.25. The number of thiophene rings is 1. The highest BCUT2D eigenvalue weighted by Gasteiger charge is 2.34. The normalized spacial score (nSPS) is 11.8. The van der Waals surface area contributed by atoms with Crippen LogP contribution in [0.15, 0.2) is 24.3 Å². The molecule has 0 aliphatic rings. The summed E-state index contributed by atoms with van der Waals surface area (Å²) in [5, 5.41) is 9.69. The van der Waals surface area contributed by atoms with Gasteiger partial charge in [0.05, 0.1) is 28.9 Å². The van der Waals surface area contributed by atoms with Gasteiger partial charge in [0.1, 0.15) is 10.6 Å². The van der Waals surface area contributed by atoms with E-state index in [1.54, 1.807) is 0 Å². The Hall–Kier alpha value is -2.52. The predicted molar refractivity (Wildman–Crippen MR) is 98.6 cm³/mol. The summed E-state index contributed by atoms with van der Waals surface area (Å²) < 4.78 is 45.0. The van der Waals surface area contributed by atoms with Crippen molar-refractivity contribution in [3.8, 4) is 5.75 Å². The fourth-order valence-electron chi connectivity index (χ4n) is 3.02. The summed E-state index contributed by atoms with van der Waals surface area (Å²) in [5.74, 6) is -1.54. The molecule has 0 fully saturated rings. The average molecular weight is 432 g/mol. The zero-order valence-corrected chi connectivity index (χ0v) is 16.1. The lowest BCUT2D eigenvalue weighted by molar-refractivity contribution is -0.136. The Bertz CT molecular complexity index is 1100. The maximum Gasteiger partial charge on any atom is 0.425 e. The Morgan fingerprint density at radius 3 is 2.46 bits per heavy atom. The maximum absolute atomic E-state index is 13.0. The van der Waals surface area contributed by atoms with Crippen molar-refractivity contribution in [2.45, 2.75) is 19.5 Å². The highest BCUT2D eigenvalue weighted by Crippen LogP contribution is 2.40. The number of aromatic nitrogens is 1. The summed E-state index contributed by atoms with van der Waals surface area (Å²) in [5.41, 5.74) is 0.887. The van der Waals surface area contributed by atoms with Crippen LogP contribution in [-0.4, -0.2) is 28.7 Å². The summed E-state index contributed by atoms with van der Waals surface area (Å²) in [6.45, 7) is 1.53. The van der Waals surface area contributed by atoms with E-state index >= 15 is 0 Å². The van der Waals surface area contributed by atoms with Gasteiger partial charge in [0, 0.05) is 11.1 Å². The van der Waals surface area contributed by atoms with E-state index < -0.39 is 29.4 Å². The molecule has 0 aliphatic heterocycles. The fourth-order valence-corrected chi connectivity index (χ4v) is 4.17. The highest BCUT2D eigenvalue weighted by molar-refractivity contribution is 7.14. The Morgan fingerprint density at radius 1 is 1.25 bits per heavy atom. The Morgan fingerprint density at radius 2 is 1.93 bits per heavy atom. The van der Waals surface area contributed by atoms with Crippen LogP contribution in [0.5, 0.6) is 5.75 Å². The van der Waals surface area contributed by atoms with Crippen LogP contribution >= 0.6 is 22.9 Å². The van der Waals surface area contributed by atoms with Gasteiger partial charge in [0.25, 0.3) is 5.91 Å². The molecule has 0 spiro atoms. The maximum atomic E-state index is 13.0. The van der Waals surface area contributed by atoms with Gasteiger partial charge in [-0.25, -0.2) is 0 Å². The molecule has 0 radical (unpaired) electrons. The number of benzene rings is 1. The number of methoxy groups -OCH3 is 1. The van der Waals surface area contributed by atoms with Gasteiger partial charge < -0.3 is 9.84 Å². The van der Waals surface area contributed by atoms with Crippen molar-refractivity contribution in [2.75, 3.05) is 7.11 Å². The summed E-state index contributed by atoms with van der Waals surface area (Å²) >= 11 is 6.67. The molecule has 0 unspecified atom stereocenters. The van der Waals surface area contributed by atoms with Crippen molar-refractivity contribution in [3.05, 3.63) is 50.3 Å². The second-order valence-corrected chi connectivity index (χ2v) is 7.37. The number of nitrogens with zero attached hydrogens (tertiary/aromatic N) is 1. The molecular weight excluding hydrogens is 419 g/mol. The van der Waals surface area contributed by atoms with Crippen molar-refractivity contribution in [3.63, 3.8) is 0 Å². The van der Waals surface area contributed by atoms with E-state index in [1.807, 2.05) is 0 Å². The SMILES string of the molecule is COc1ccc2c(c1Cl)c(CC(=O)O)c(C)n2C(=O)c1ccc(C(F)(F)F)s1. The van der Waals surface area contributed by atoms with Crippen LogP contribution in [0, 0.1) is 6.92 Å². The van der Waals surface area contributed by atoms with E-state index in [0.717, 1.165) is 12.1 Å². The number of carboxylic acids is 1. The lowest BCUT2D eigenvalue weighted by atomic mass is 10.1. The zero-order valence-electron chi connectivity index (χ0n) is 14.6. The first-order valence-corrected chi connectivity index (χ1v) is 9.05.